The molecular weight excluding hydrogens is 368 g/mol. The molecule has 1 amide bonds. The molecule has 0 bridgehead atoms. The van der Waals surface area contributed by atoms with Crippen LogP contribution in [0.4, 0.5) is 0 Å². The Morgan fingerprint density at radius 3 is 2.11 bits per heavy atom. The number of hydrogen-bond acceptors (Lipinski definition) is 10. The SMILES string of the molecule is CC(=O)OC1O[C@H](CO)[C@@H](OC(C)=O)[C@H](OC(C)=O)[C@@H]1NC(=O)CN=[N+]=[N-]. The van der Waals surface area contributed by atoms with Gasteiger partial charge in [0.2, 0.25) is 12.2 Å². The molecule has 0 aliphatic carbocycles. The van der Waals surface area contributed by atoms with Crippen LogP contribution in [-0.2, 0) is 38.1 Å². The smallest absolute Gasteiger partial charge is 0.305 e. The number of nitrogens with zero attached hydrogens (tertiary/aromatic N) is 3. The lowest BCUT2D eigenvalue weighted by Crippen LogP contribution is -2.67. The molecule has 0 radical (unpaired) electrons. The van der Waals surface area contributed by atoms with Crippen LogP contribution in [0.25, 0.3) is 10.4 Å². The first kappa shape index (κ1) is 22.2. The molecule has 1 aliphatic heterocycles. The summed E-state index contributed by atoms with van der Waals surface area (Å²) in [4.78, 5) is 48.7. The molecule has 1 heterocycles. The first-order valence-electron chi connectivity index (χ1n) is 7.77. The van der Waals surface area contributed by atoms with Gasteiger partial charge in [-0.15, -0.1) is 0 Å². The van der Waals surface area contributed by atoms with E-state index in [1.807, 2.05) is 0 Å². The number of carbonyl (C=O) groups excluding carboxylic acids is 4. The van der Waals surface area contributed by atoms with E-state index in [2.05, 4.69) is 15.3 Å². The normalized spacial score (nSPS) is 26.9. The summed E-state index contributed by atoms with van der Waals surface area (Å²) in [5.74, 6) is -3.12. The van der Waals surface area contributed by atoms with Crippen molar-refractivity contribution in [2.45, 2.75) is 51.4 Å². The third kappa shape index (κ3) is 6.73. The lowest BCUT2D eigenvalue weighted by Gasteiger charge is -2.44. The second-order valence-electron chi connectivity index (χ2n) is 5.47. The van der Waals surface area contributed by atoms with E-state index < -0.39 is 67.6 Å². The van der Waals surface area contributed by atoms with Crippen LogP contribution in [0.15, 0.2) is 5.11 Å². The standard InChI is InChI=1S/C14H20N4O9/c1-6(20)24-12-9(5-19)27-14(26-8(3)22)11(13(12)25-7(2)21)17-10(23)4-16-18-15/h9,11-14,19H,4-5H2,1-3H3,(H,17,23)/t9-,11+,12-,13-,14?/m1/s1. The molecule has 0 saturated carbocycles. The fourth-order valence-electron chi connectivity index (χ4n) is 2.46. The highest BCUT2D eigenvalue weighted by atomic mass is 16.7. The molecule has 1 fully saturated rings. The number of esters is 3. The summed E-state index contributed by atoms with van der Waals surface area (Å²) in [6.45, 7) is 2.00. The quantitative estimate of drug-likeness (QED) is 0.180. The molecule has 1 unspecified atom stereocenters. The Hall–Kier alpha value is -2.89. The van der Waals surface area contributed by atoms with Crippen molar-refractivity contribution < 1.29 is 43.2 Å². The van der Waals surface area contributed by atoms with E-state index in [9.17, 15) is 24.3 Å². The van der Waals surface area contributed by atoms with Gasteiger partial charge in [-0.2, -0.15) is 0 Å². The maximum absolute atomic E-state index is 11.9. The number of carbonyl (C=O) groups is 4. The predicted molar refractivity (Wildman–Crippen MR) is 84.6 cm³/mol. The van der Waals surface area contributed by atoms with Crippen molar-refractivity contribution in [1.82, 2.24) is 5.32 Å². The Morgan fingerprint density at radius 2 is 1.63 bits per heavy atom. The lowest BCUT2D eigenvalue weighted by molar-refractivity contribution is -0.269. The molecule has 0 aromatic carbocycles. The summed E-state index contributed by atoms with van der Waals surface area (Å²) in [5.41, 5.74) is 8.30. The van der Waals surface area contributed by atoms with Gasteiger partial charge in [0.1, 0.15) is 18.7 Å². The van der Waals surface area contributed by atoms with Crippen molar-refractivity contribution in [2.24, 2.45) is 5.11 Å². The number of ether oxygens (including phenoxy) is 4. The zero-order valence-electron chi connectivity index (χ0n) is 14.9. The number of aliphatic hydroxyl groups excluding tert-OH is 1. The second kappa shape index (κ2) is 10.3. The zero-order valence-corrected chi connectivity index (χ0v) is 14.9. The third-order valence-electron chi connectivity index (χ3n) is 3.32. The molecule has 13 nitrogen and oxygen atoms in total. The van der Waals surface area contributed by atoms with E-state index in [1.54, 1.807) is 0 Å². The average molecular weight is 388 g/mol. The fraction of sp³-hybridized carbons (Fsp3) is 0.714. The highest BCUT2D eigenvalue weighted by Crippen LogP contribution is 2.27. The van der Waals surface area contributed by atoms with Crippen molar-refractivity contribution >= 4 is 23.8 Å². The van der Waals surface area contributed by atoms with Crippen LogP contribution in [-0.4, -0.2) is 72.7 Å². The molecule has 1 aliphatic rings. The Balaban J connectivity index is 3.25. The highest BCUT2D eigenvalue weighted by molar-refractivity contribution is 5.78. The second-order valence-corrected chi connectivity index (χ2v) is 5.47. The van der Waals surface area contributed by atoms with Crippen LogP contribution >= 0.6 is 0 Å². The van der Waals surface area contributed by atoms with Crippen LogP contribution in [0.1, 0.15) is 20.8 Å². The number of hydrogen-bond donors (Lipinski definition) is 2. The van der Waals surface area contributed by atoms with Crippen LogP contribution in [0, 0.1) is 0 Å². The number of rotatable bonds is 7. The summed E-state index contributed by atoms with van der Waals surface area (Å²) in [5, 5.41) is 15.0. The highest BCUT2D eigenvalue weighted by Gasteiger charge is 2.51. The molecule has 5 atom stereocenters. The molecule has 27 heavy (non-hydrogen) atoms. The third-order valence-corrected chi connectivity index (χ3v) is 3.32. The van der Waals surface area contributed by atoms with Gasteiger partial charge < -0.3 is 29.4 Å². The summed E-state index contributed by atoms with van der Waals surface area (Å²) >= 11 is 0. The van der Waals surface area contributed by atoms with E-state index in [0.717, 1.165) is 20.8 Å². The minimum absolute atomic E-state index is 0.589. The van der Waals surface area contributed by atoms with E-state index in [1.165, 1.54) is 0 Å². The molecule has 2 N–H and O–H groups in total. The Bertz CT molecular complexity index is 634. The Kier molecular flexibility index (Phi) is 8.45. The van der Waals surface area contributed by atoms with Gasteiger partial charge in [-0.05, 0) is 5.53 Å². The predicted octanol–water partition coefficient (Wildman–Crippen LogP) is -1.07. The van der Waals surface area contributed by atoms with Gasteiger partial charge in [-0.1, -0.05) is 5.11 Å². The first-order chi connectivity index (χ1) is 12.7. The van der Waals surface area contributed by atoms with Gasteiger partial charge in [0, 0.05) is 25.7 Å². The Labute approximate surface area is 153 Å². The zero-order chi connectivity index (χ0) is 20.6. The Morgan fingerprint density at radius 1 is 1.07 bits per heavy atom. The van der Waals surface area contributed by atoms with E-state index in [4.69, 9.17) is 24.5 Å². The number of amides is 1. The van der Waals surface area contributed by atoms with Gasteiger partial charge >= 0.3 is 17.9 Å². The van der Waals surface area contributed by atoms with Gasteiger partial charge in [0.15, 0.2) is 12.2 Å². The molecule has 13 heteroatoms. The lowest BCUT2D eigenvalue weighted by atomic mass is 9.96. The van der Waals surface area contributed by atoms with Gasteiger partial charge in [-0.3, -0.25) is 19.2 Å². The monoisotopic (exact) mass is 388 g/mol. The molecule has 0 aromatic heterocycles. The van der Waals surface area contributed by atoms with Crippen molar-refractivity contribution in [1.29, 1.82) is 0 Å². The summed E-state index contributed by atoms with van der Waals surface area (Å²) in [6, 6.07) is -1.30. The van der Waals surface area contributed by atoms with E-state index in [-0.39, 0.29) is 0 Å². The topological polar surface area (TPSA) is 186 Å². The summed E-state index contributed by atoms with van der Waals surface area (Å²) in [7, 11) is 0. The van der Waals surface area contributed by atoms with Crippen molar-refractivity contribution in [3.8, 4) is 0 Å². The van der Waals surface area contributed by atoms with Crippen molar-refractivity contribution in [2.75, 3.05) is 13.2 Å². The number of azide groups is 1. The van der Waals surface area contributed by atoms with E-state index >= 15 is 0 Å². The largest absolute Gasteiger partial charge is 0.456 e. The fourth-order valence-corrected chi connectivity index (χ4v) is 2.46. The number of aliphatic hydroxyl groups is 1. The van der Waals surface area contributed by atoms with Crippen molar-refractivity contribution in [3.05, 3.63) is 10.4 Å². The van der Waals surface area contributed by atoms with Crippen molar-refractivity contribution in [3.63, 3.8) is 0 Å². The minimum atomic E-state index is -1.47. The molecule has 150 valence electrons. The van der Waals surface area contributed by atoms with Crippen LogP contribution in [0.2, 0.25) is 0 Å². The maximum atomic E-state index is 11.9. The minimum Gasteiger partial charge on any atom is -0.456 e. The average Bonchev–Trinajstić information content (AvgIpc) is 2.56. The molecule has 0 spiro atoms. The van der Waals surface area contributed by atoms with E-state index in [0.29, 0.717) is 0 Å². The van der Waals surface area contributed by atoms with Crippen LogP contribution in [0.3, 0.4) is 0 Å². The number of nitrogens with one attached hydrogen (secondary N) is 1. The molecule has 1 saturated heterocycles. The van der Waals surface area contributed by atoms with Crippen LogP contribution < -0.4 is 5.32 Å². The van der Waals surface area contributed by atoms with Gasteiger partial charge in [-0.25, -0.2) is 0 Å². The summed E-state index contributed by atoms with van der Waals surface area (Å²) < 4.78 is 20.6. The van der Waals surface area contributed by atoms with Gasteiger partial charge in [0.25, 0.3) is 0 Å². The molecule has 1 rings (SSSR count). The molecular formula is C14H20N4O9. The van der Waals surface area contributed by atoms with Gasteiger partial charge in [0.05, 0.1) is 6.61 Å². The summed E-state index contributed by atoms with van der Waals surface area (Å²) in [6.07, 6.45) is -5.32. The van der Waals surface area contributed by atoms with Crippen LogP contribution in [0.5, 0.6) is 0 Å². The molecule has 0 aromatic rings. The first-order valence-corrected chi connectivity index (χ1v) is 7.77. The maximum Gasteiger partial charge on any atom is 0.305 e.